The summed E-state index contributed by atoms with van der Waals surface area (Å²) in [4.78, 5) is 0. The molecule has 0 saturated carbocycles. The van der Waals surface area contributed by atoms with Crippen LogP contribution in [0.4, 0.5) is 0 Å². The smallest absolute Gasteiger partial charge is 1.00 e. The van der Waals surface area contributed by atoms with E-state index in [1.165, 1.54) is 51.4 Å². The average molecular weight is 408 g/mol. The van der Waals surface area contributed by atoms with E-state index < -0.39 is 0 Å². The molecule has 2 aromatic rings. The topological polar surface area (TPSA) is 0 Å². The van der Waals surface area contributed by atoms with E-state index in [1.807, 2.05) is 0 Å². The Balaban J connectivity index is 0. The van der Waals surface area contributed by atoms with Crippen molar-refractivity contribution in [3.63, 3.8) is 0 Å². The van der Waals surface area contributed by atoms with Crippen molar-refractivity contribution >= 4 is 0 Å². The third-order valence-corrected chi connectivity index (χ3v) is 4.30. The molecule has 0 unspecified atom stereocenters. The van der Waals surface area contributed by atoms with Gasteiger partial charge in [-0.2, -0.15) is 46.5 Å². The van der Waals surface area contributed by atoms with Crippen LogP contribution in [0.2, 0.25) is 0 Å². The summed E-state index contributed by atoms with van der Waals surface area (Å²) >= 11 is 0. The molecule has 2 aliphatic rings. The molecular weight excluding hydrogens is 379 g/mol. The van der Waals surface area contributed by atoms with Gasteiger partial charge in [0.15, 0.2) is 0 Å². The Morgan fingerprint density at radius 1 is 0.696 bits per heavy atom. The molecule has 0 radical (unpaired) electrons. The minimum absolute atomic E-state index is 0. The minimum Gasteiger partial charge on any atom is -1.00 e. The van der Waals surface area contributed by atoms with Crippen LogP contribution in [0.3, 0.4) is 0 Å². The van der Waals surface area contributed by atoms with E-state index in [-0.39, 0.29) is 46.0 Å². The summed E-state index contributed by atoms with van der Waals surface area (Å²) in [5.74, 6) is 0. The zero-order chi connectivity index (χ0) is 14.2. The van der Waals surface area contributed by atoms with E-state index in [0.717, 1.165) is 0 Å². The van der Waals surface area contributed by atoms with Crippen LogP contribution in [-0.4, -0.2) is 0 Å². The summed E-state index contributed by atoms with van der Waals surface area (Å²) in [7, 11) is 0. The summed E-state index contributed by atoms with van der Waals surface area (Å²) in [6.07, 6.45) is 10.9. The van der Waals surface area contributed by atoms with Crippen LogP contribution in [0.25, 0.3) is 0 Å². The Bertz CT molecular complexity index is 422. The van der Waals surface area contributed by atoms with Gasteiger partial charge in [0.1, 0.15) is 0 Å². The summed E-state index contributed by atoms with van der Waals surface area (Å²) in [6, 6.07) is 13.4. The van der Waals surface area contributed by atoms with Crippen molar-refractivity contribution in [2.75, 3.05) is 0 Å². The fraction of sp³-hybridized carbons (Fsp3) is 0.381. The van der Waals surface area contributed by atoms with Gasteiger partial charge in [-0.3, -0.25) is 0 Å². The fourth-order valence-electron chi connectivity index (χ4n) is 3.23. The fourth-order valence-corrected chi connectivity index (χ4v) is 3.23. The molecule has 2 heteroatoms. The third kappa shape index (κ3) is 7.36. The molecule has 0 aromatic heterocycles. The molecule has 2 aliphatic carbocycles. The maximum atomic E-state index is 3.00. The Labute approximate surface area is 168 Å². The molecule has 23 heavy (non-hydrogen) atoms. The molecule has 0 nitrogen and oxygen atoms in total. The second-order valence-electron chi connectivity index (χ2n) is 5.57. The normalized spacial score (nSPS) is 13.7. The first kappa shape index (κ1) is 24.9. The molecule has 0 saturated heterocycles. The summed E-state index contributed by atoms with van der Waals surface area (Å²) in [5, 5.41) is 0. The molecule has 0 spiro atoms. The molecule has 124 valence electrons. The van der Waals surface area contributed by atoms with Crippen molar-refractivity contribution in [3.8, 4) is 0 Å². The van der Waals surface area contributed by atoms with E-state index in [0.29, 0.717) is 0 Å². The Kier molecular flexibility index (Phi) is 15.1. The largest absolute Gasteiger partial charge is 4.00 e. The molecule has 0 bridgehead atoms. The van der Waals surface area contributed by atoms with Crippen molar-refractivity contribution in [1.82, 2.24) is 0 Å². The van der Waals surface area contributed by atoms with Gasteiger partial charge in [-0.25, -0.2) is 12.1 Å². The van der Waals surface area contributed by atoms with Crippen molar-refractivity contribution in [2.45, 2.75) is 51.4 Å². The van der Waals surface area contributed by atoms with E-state index >= 15 is 0 Å². The second kappa shape index (κ2) is 14.0. The van der Waals surface area contributed by atoms with Gasteiger partial charge < -0.3 is 19.8 Å². The maximum Gasteiger partial charge on any atom is 4.00 e. The van der Waals surface area contributed by atoms with Crippen molar-refractivity contribution < 1.29 is 38.6 Å². The first-order chi connectivity index (χ1) is 9.93. The Hall–Kier alpha value is -0.387. The molecule has 0 heterocycles. The van der Waals surface area contributed by atoms with Crippen molar-refractivity contribution in [3.05, 3.63) is 79.2 Å². The first-order valence-electron chi connectivity index (χ1n) is 7.90. The zero-order valence-corrected chi connectivity index (χ0v) is 17.6. The molecule has 0 fully saturated rings. The molecular formula is C21H29ClZr. The number of aryl methyl sites for hydroxylation is 4. The monoisotopic (exact) mass is 406 g/mol. The van der Waals surface area contributed by atoms with Gasteiger partial charge in [0, 0.05) is 0 Å². The number of fused-ring (bicyclic) bond motifs is 2. The summed E-state index contributed by atoms with van der Waals surface area (Å²) in [5.41, 5.74) is 6.39. The molecule has 4 rings (SSSR count). The molecule has 2 aromatic carbocycles. The molecule has 0 atom stereocenters. The molecule has 0 N–H and O–H groups in total. The van der Waals surface area contributed by atoms with E-state index in [9.17, 15) is 0 Å². The van der Waals surface area contributed by atoms with Crippen LogP contribution >= 0.6 is 0 Å². The van der Waals surface area contributed by atoms with Crippen LogP contribution < -0.4 is 12.4 Å². The number of hydrogen-bond acceptors (Lipinski definition) is 0. The summed E-state index contributed by atoms with van der Waals surface area (Å²) in [6.45, 7) is 6.00. The summed E-state index contributed by atoms with van der Waals surface area (Å²) < 4.78 is 0. The van der Waals surface area contributed by atoms with Gasteiger partial charge in [0.25, 0.3) is 0 Å². The second-order valence-corrected chi connectivity index (χ2v) is 5.57. The number of halogens is 1. The first-order valence-corrected chi connectivity index (χ1v) is 7.90. The number of rotatable bonds is 0. The van der Waals surface area contributed by atoms with Crippen LogP contribution in [0.1, 0.15) is 47.9 Å². The maximum absolute atomic E-state index is 3.00. The average Bonchev–Trinajstić information content (AvgIpc) is 3.18. The van der Waals surface area contributed by atoms with Gasteiger partial charge in [0.2, 0.25) is 0 Å². The number of hydrogen-bond donors (Lipinski definition) is 0. The van der Waals surface area contributed by atoms with Crippen molar-refractivity contribution in [1.29, 1.82) is 0 Å². The van der Waals surface area contributed by atoms with Crippen LogP contribution in [0.15, 0.2) is 49.6 Å². The Morgan fingerprint density at radius 2 is 1.04 bits per heavy atom. The van der Waals surface area contributed by atoms with Gasteiger partial charge in [-0.15, -0.1) is 13.2 Å². The predicted octanol–water partition coefficient (Wildman–Crippen LogP) is 2.82. The molecule has 0 amide bonds. The minimum atomic E-state index is 0. The van der Waals surface area contributed by atoms with Gasteiger partial charge in [0.05, 0.1) is 0 Å². The standard InChI is InChI=1S/2C9H11.C2H4.CH3.ClH.Zr/c2*1-2-5-9-7-3-6-8(9)4-1;1-2;;;/h2*3,6-7H,1-2,4-5H2;1-2H2;1H3;1H;/q2*-1;;-1;;+4/p-1. The van der Waals surface area contributed by atoms with Gasteiger partial charge in [-0.05, 0) is 0 Å². The van der Waals surface area contributed by atoms with Crippen molar-refractivity contribution in [2.24, 2.45) is 0 Å². The molecule has 0 aliphatic heterocycles. The van der Waals surface area contributed by atoms with E-state index in [2.05, 4.69) is 49.6 Å². The van der Waals surface area contributed by atoms with Gasteiger partial charge in [-0.1, -0.05) is 51.4 Å². The quantitative estimate of drug-likeness (QED) is 0.465. The SMILES string of the molecule is C=C.[CH3-].[Cl-].[Zr+4].c1cc2c([cH-]1)CCCC2.c1cc2c([cH-]1)CCCC2. The van der Waals surface area contributed by atoms with Crippen LogP contribution in [0.5, 0.6) is 0 Å². The van der Waals surface area contributed by atoms with E-state index in [1.54, 1.807) is 22.3 Å². The van der Waals surface area contributed by atoms with E-state index in [4.69, 9.17) is 0 Å². The Morgan fingerprint density at radius 3 is 1.39 bits per heavy atom. The van der Waals surface area contributed by atoms with Gasteiger partial charge >= 0.3 is 26.2 Å². The zero-order valence-electron chi connectivity index (χ0n) is 14.4. The van der Waals surface area contributed by atoms with Crippen LogP contribution in [-0.2, 0) is 51.9 Å². The predicted molar refractivity (Wildman–Crippen MR) is 95.0 cm³/mol. The van der Waals surface area contributed by atoms with Crippen LogP contribution in [0, 0.1) is 7.43 Å². The third-order valence-electron chi connectivity index (χ3n) is 4.30.